The maximum atomic E-state index is 14.0. The van der Waals surface area contributed by atoms with Gasteiger partial charge in [-0.05, 0) is 18.2 Å². The summed E-state index contributed by atoms with van der Waals surface area (Å²) in [6.07, 6.45) is -0.479. The fraction of sp³-hybridized carbons (Fsp3) is 0.294. The Kier molecular flexibility index (Phi) is 5.94. The van der Waals surface area contributed by atoms with Gasteiger partial charge in [0, 0.05) is 37.3 Å². The standard InChI is InChI=1S/C17H15ClF4N4O3S/c18-14-11(2-1-10(19)15(14)20)26-6-4-17(21,22)8-12(26)16(27)25-9-3-5-24-13(7-9)30(23,28)29/h1-3,5,7,12H,4,6,8H2,(H2,23,28,29)(H,24,25,27). The number of benzene rings is 1. The van der Waals surface area contributed by atoms with Crippen LogP contribution in [0.5, 0.6) is 0 Å². The van der Waals surface area contributed by atoms with Crippen LogP contribution in [0.15, 0.2) is 35.5 Å². The van der Waals surface area contributed by atoms with Crippen molar-refractivity contribution >= 4 is 38.9 Å². The largest absolute Gasteiger partial charge is 0.358 e. The molecule has 1 aromatic carbocycles. The summed E-state index contributed by atoms with van der Waals surface area (Å²) in [4.78, 5) is 17.5. The Morgan fingerprint density at radius 1 is 1.30 bits per heavy atom. The molecular weight excluding hydrogens is 452 g/mol. The summed E-state index contributed by atoms with van der Waals surface area (Å²) in [5.74, 6) is -6.70. The van der Waals surface area contributed by atoms with Gasteiger partial charge in [-0.1, -0.05) is 11.6 Å². The number of piperidine rings is 1. The number of pyridine rings is 1. The van der Waals surface area contributed by atoms with Gasteiger partial charge in [-0.15, -0.1) is 0 Å². The smallest absolute Gasteiger partial charge is 0.255 e. The molecule has 3 N–H and O–H groups in total. The normalized spacial score (nSPS) is 18.9. The topological polar surface area (TPSA) is 105 Å². The first kappa shape index (κ1) is 22.2. The van der Waals surface area contributed by atoms with Gasteiger partial charge >= 0.3 is 0 Å². The molecule has 30 heavy (non-hydrogen) atoms. The molecule has 0 spiro atoms. The van der Waals surface area contributed by atoms with Crippen LogP contribution in [0.1, 0.15) is 12.8 Å². The van der Waals surface area contributed by atoms with Crippen LogP contribution in [-0.2, 0) is 14.8 Å². The Morgan fingerprint density at radius 2 is 2.00 bits per heavy atom. The van der Waals surface area contributed by atoms with Gasteiger partial charge in [0.2, 0.25) is 5.91 Å². The monoisotopic (exact) mass is 466 g/mol. The highest BCUT2D eigenvalue weighted by atomic mass is 35.5. The molecule has 1 unspecified atom stereocenters. The zero-order valence-electron chi connectivity index (χ0n) is 15.1. The number of anilines is 2. The molecule has 1 aliphatic heterocycles. The first-order valence-corrected chi connectivity index (χ1v) is 10.4. The molecule has 3 rings (SSSR count). The molecule has 0 saturated carbocycles. The van der Waals surface area contributed by atoms with Gasteiger partial charge in [0.15, 0.2) is 16.7 Å². The van der Waals surface area contributed by atoms with Crippen LogP contribution < -0.4 is 15.4 Å². The highest BCUT2D eigenvalue weighted by Gasteiger charge is 2.44. The van der Waals surface area contributed by atoms with Gasteiger partial charge in [-0.3, -0.25) is 4.79 Å². The molecule has 1 saturated heterocycles. The number of carbonyl (C=O) groups is 1. The number of primary sulfonamides is 1. The van der Waals surface area contributed by atoms with Gasteiger partial charge in [0.1, 0.15) is 11.1 Å². The van der Waals surface area contributed by atoms with Crippen molar-refractivity contribution in [2.24, 2.45) is 5.14 Å². The lowest BCUT2D eigenvalue weighted by Crippen LogP contribution is -2.53. The summed E-state index contributed by atoms with van der Waals surface area (Å²) >= 11 is 5.84. The van der Waals surface area contributed by atoms with E-state index in [2.05, 4.69) is 10.3 Å². The number of amides is 1. The molecule has 7 nitrogen and oxygen atoms in total. The number of rotatable bonds is 4. The summed E-state index contributed by atoms with van der Waals surface area (Å²) in [5.41, 5.74) is -0.171. The van der Waals surface area contributed by atoms with E-state index in [4.69, 9.17) is 16.7 Å². The number of hydrogen-bond donors (Lipinski definition) is 2. The van der Waals surface area contributed by atoms with Crippen molar-refractivity contribution in [3.63, 3.8) is 0 Å². The van der Waals surface area contributed by atoms with Crippen molar-refractivity contribution in [3.8, 4) is 0 Å². The number of nitrogens with one attached hydrogen (secondary N) is 1. The average Bonchev–Trinajstić information content (AvgIpc) is 2.66. The fourth-order valence-corrected chi connectivity index (χ4v) is 3.82. The van der Waals surface area contributed by atoms with Crippen molar-refractivity contribution in [2.75, 3.05) is 16.8 Å². The number of sulfonamides is 1. The Bertz CT molecular complexity index is 1100. The molecule has 1 aromatic heterocycles. The second-order valence-electron chi connectivity index (χ2n) is 6.63. The number of aromatic nitrogens is 1. The zero-order chi connectivity index (χ0) is 22.3. The number of alkyl halides is 2. The Morgan fingerprint density at radius 3 is 2.67 bits per heavy atom. The van der Waals surface area contributed by atoms with Crippen molar-refractivity contribution in [3.05, 3.63) is 47.1 Å². The molecule has 1 fully saturated rings. The van der Waals surface area contributed by atoms with Crippen LogP contribution in [0.2, 0.25) is 5.02 Å². The Labute approximate surface area is 173 Å². The number of hydrogen-bond acceptors (Lipinski definition) is 5. The van der Waals surface area contributed by atoms with Crippen molar-refractivity contribution in [1.82, 2.24) is 4.98 Å². The van der Waals surface area contributed by atoms with Crippen molar-refractivity contribution in [2.45, 2.75) is 29.8 Å². The number of nitrogens with two attached hydrogens (primary N) is 1. The van der Waals surface area contributed by atoms with E-state index in [0.29, 0.717) is 0 Å². The third kappa shape index (κ3) is 4.65. The molecule has 1 aliphatic rings. The van der Waals surface area contributed by atoms with E-state index in [-0.39, 0.29) is 17.9 Å². The summed E-state index contributed by atoms with van der Waals surface area (Å²) in [6.45, 7) is -0.353. The maximum absolute atomic E-state index is 14.0. The van der Waals surface area contributed by atoms with Crippen LogP contribution in [0.4, 0.5) is 28.9 Å². The van der Waals surface area contributed by atoms with E-state index in [0.717, 1.165) is 29.3 Å². The molecule has 0 bridgehead atoms. The number of carbonyl (C=O) groups excluding carboxylic acids is 1. The van der Waals surface area contributed by atoms with Crippen LogP contribution >= 0.6 is 11.6 Å². The SMILES string of the molecule is NS(=O)(=O)c1cc(NC(=O)C2CC(F)(F)CCN2c2ccc(F)c(F)c2Cl)ccn1. The molecule has 162 valence electrons. The Balaban J connectivity index is 1.93. The minimum Gasteiger partial charge on any atom is -0.358 e. The molecular formula is C17H15ClF4N4O3S. The highest BCUT2D eigenvalue weighted by Crippen LogP contribution is 2.39. The Hall–Kier alpha value is -2.44. The minimum absolute atomic E-state index is 0.0516. The lowest BCUT2D eigenvalue weighted by Gasteiger charge is -2.40. The van der Waals surface area contributed by atoms with Crippen molar-refractivity contribution in [1.29, 1.82) is 0 Å². The van der Waals surface area contributed by atoms with Gasteiger partial charge in [-0.25, -0.2) is 36.1 Å². The third-order valence-electron chi connectivity index (χ3n) is 4.51. The van der Waals surface area contributed by atoms with Crippen molar-refractivity contribution < 1.29 is 30.8 Å². The molecule has 2 aromatic rings. The van der Waals surface area contributed by atoms with Gasteiger partial charge in [0.25, 0.3) is 15.9 Å². The predicted molar refractivity (Wildman–Crippen MR) is 101 cm³/mol. The lowest BCUT2D eigenvalue weighted by molar-refractivity contribution is -0.121. The minimum atomic E-state index is -4.16. The van der Waals surface area contributed by atoms with E-state index >= 15 is 0 Å². The quantitative estimate of drug-likeness (QED) is 0.532. The van der Waals surface area contributed by atoms with Crippen LogP contribution in [0, 0.1) is 11.6 Å². The molecule has 2 heterocycles. The van der Waals surface area contributed by atoms with Crippen LogP contribution in [0.3, 0.4) is 0 Å². The maximum Gasteiger partial charge on any atom is 0.255 e. The molecule has 0 radical (unpaired) electrons. The number of nitrogens with zero attached hydrogens (tertiary/aromatic N) is 2. The second kappa shape index (κ2) is 8.00. The zero-order valence-corrected chi connectivity index (χ0v) is 16.7. The predicted octanol–water partition coefficient (Wildman–Crippen LogP) is 2.90. The summed E-state index contributed by atoms with van der Waals surface area (Å²) in [7, 11) is -4.16. The van der Waals surface area contributed by atoms with Gasteiger partial charge in [-0.2, -0.15) is 0 Å². The van der Waals surface area contributed by atoms with Gasteiger partial charge < -0.3 is 10.2 Å². The molecule has 13 heteroatoms. The molecule has 1 atom stereocenters. The molecule has 1 amide bonds. The van der Waals surface area contributed by atoms with Crippen LogP contribution in [0.25, 0.3) is 0 Å². The van der Waals surface area contributed by atoms with Crippen LogP contribution in [-0.4, -0.2) is 37.8 Å². The second-order valence-corrected chi connectivity index (χ2v) is 8.52. The highest BCUT2D eigenvalue weighted by molar-refractivity contribution is 7.89. The first-order chi connectivity index (χ1) is 13.9. The summed E-state index contributed by atoms with van der Waals surface area (Å²) in [5, 5.41) is 6.13. The summed E-state index contributed by atoms with van der Waals surface area (Å²) < 4.78 is 78.1. The van der Waals surface area contributed by atoms with E-state index in [1.54, 1.807) is 0 Å². The van der Waals surface area contributed by atoms with E-state index in [1.807, 2.05) is 0 Å². The van der Waals surface area contributed by atoms with E-state index in [1.165, 1.54) is 6.07 Å². The lowest BCUT2D eigenvalue weighted by atomic mass is 9.96. The average molecular weight is 467 g/mol. The van der Waals surface area contributed by atoms with E-state index < -0.39 is 62.4 Å². The molecule has 0 aliphatic carbocycles. The van der Waals surface area contributed by atoms with E-state index in [9.17, 15) is 30.8 Å². The fourth-order valence-electron chi connectivity index (χ4n) is 3.06. The summed E-state index contributed by atoms with van der Waals surface area (Å²) in [6, 6.07) is 2.57. The number of halogens is 5. The third-order valence-corrected chi connectivity index (χ3v) is 5.67. The van der Waals surface area contributed by atoms with Gasteiger partial charge in [0.05, 0.1) is 5.69 Å². The first-order valence-electron chi connectivity index (χ1n) is 8.47.